The van der Waals surface area contributed by atoms with E-state index in [-0.39, 0.29) is 31.7 Å². The van der Waals surface area contributed by atoms with Crippen LogP contribution >= 0.6 is 8.07 Å². The number of ether oxygens (including phenoxy) is 4. The zero-order valence-electron chi connectivity index (χ0n) is 33.8. The molecule has 4 N–H and O–H groups in total. The van der Waals surface area contributed by atoms with E-state index in [9.17, 15) is 24.6 Å². The first-order chi connectivity index (χ1) is 22.6. The number of aliphatic hydroxyl groups is 4. The van der Waals surface area contributed by atoms with Crippen LogP contribution in [-0.2, 0) is 33.3 Å². The second-order valence-electron chi connectivity index (χ2n) is 12.1. The fraction of sp³-hybridized carbons (Fsp3) is 0.861. The van der Waals surface area contributed by atoms with Crippen molar-refractivity contribution in [2.75, 3.05) is 41.6 Å². The van der Waals surface area contributed by atoms with E-state index in [1.165, 1.54) is 14.0 Å². The summed E-state index contributed by atoms with van der Waals surface area (Å²) < 4.78 is 21.9. The third-order valence-electron chi connectivity index (χ3n) is 7.51. The zero-order valence-corrected chi connectivity index (χ0v) is 34.7. The van der Waals surface area contributed by atoms with Crippen molar-refractivity contribution in [1.29, 1.82) is 0 Å². The standard InChI is InChI=1S/C21H40O6.C5H14NOP.C4H6O2.C4H10O2.C2H6/c1-8-17(23)21(6,25)18(9-2)27-19(24)16(4)11-10-12-20(5,26-7)13-15(3)14-22;1-5(7)8(4)6(2)3;1-3-4(5)6-2;1-3-6-4(2)5;1-2/h14-18,23,25H,8-13H2,1-7H3;5,7H,1-4H3;3H,1H2,2H3;4-5H,3H2,1-2H3;1-2H3/t15-,16?,17?,18-,20+,21+;5-,8?;;;/m11.../s1. The van der Waals surface area contributed by atoms with Crippen LogP contribution in [0.3, 0.4) is 0 Å². The molecule has 0 fully saturated rings. The highest BCUT2D eigenvalue weighted by Gasteiger charge is 2.40. The van der Waals surface area contributed by atoms with Crippen molar-refractivity contribution in [3.63, 3.8) is 0 Å². The Bertz CT molecular complexity index is 804. The van der Waals surface area contributed by atoms with Gasteiger partial charge in [0.25, 0.3) is 0 Å². The number of esters is 2. The van der Waals surface area contributed by atoms with Crippen molar-refractivity contribution in [1.82, 2.24) is 4.67 Å². The van der Waals surface area contributed by atoms with Crippen molar-refractivity contribution in [2.45, 2.75) is 150 Å². The summed E-state index contributed by atoms with van der Waals surface area (Å²) in [6, 6.07) is 0. The largest absolute Gasteiger partial charge is 0.466 e. The van der Waals surface area contributed by atoms with Gasteiger partial charge in [-0.2, -0.15) is 0 Å². The van der Waals surface area contributed by atoms with E-state index in [0.29, 0.717) is 32.3 Å². The van der Waals surface area contributed by atoms with Crippen LogP contribution in [0.4, 0.5) is 0 Å². The highest BCUT2D eigenvalue weighted by Crippen LogP contribution is 2.36. The molecule has 0 bridgehead atoms. The van der Waals surface area contributed by atoms with E-state index < -0.39 is 35.7 Å². The van der Waals surface area contributed by atoms with E-state index in [0.717, 1.165) is 25.2 Å². The van der Waals surface area contributed by atoms with Crippen molar-refractivity contribution >= 4 is 26.3 Å². The van der Waals surface area contributed by atoms with Crippen molar-refractivity contribution in [3.05, 3.63) is 12.7 Å². The summed E-state index contributed by atoms with van der Waals surface area (Å²) in [5, 5.41) is 37.8. The molecule has 0 aromatic carbocycles. The Morgan fingerprint density at radius 2 is 1.49 bits per heavy atom. The number of nitrogens with zero attached hydrogens (tertiary/aromatic N) is 1. The summed E-state index contributed by atoms with van der Waals surface area (Å²) in [6.07, 6.45) is 3.31. The highest BCUT2D eigenvalue weighted by atomic mass is 31.1. The lowest BCUT2D eigenvalue weighted by atomic mass is 9.87. The van der Waals surface area contributed by atoms with Gasteiger partial charge in [0.1, 0.15) is 18.0 Å². The Labute approximate surface area is 300 Å². The molecule has 0 aliphatic rings. The number of aldehydes is 1. The minimum Gasteiger partial charge on any atom is -0.466 e. The van der Waals surface area contributed by atoms with Crippen molar-refractivity contribution < 1.29 is 53.8 Å². The fourth-order valence-corrected chi connectivity index (χ4v) is 4.74. The Morgan fingerprint density at radius 1 is 0.980 bits per heavy atom. The molecule has 0 rings (SSSR count). The summed E-state index contributed by atoms with van der Waals surface area (Å²) in [4.78, 5) is 33.2. The van der Waals surface area contributed by atoms with Gasteiger partial charge in [0.05, 0.1) is 30.6 Å². The van der Waals surface area contributed by atoms with Crippen LogP contribution in [-0.4, -0.2) is 120 Å². The molecule has 0 spiro atoms. The predicted octanol–water partition coefficient (Wildman–Crippen LogP) is 5.91. The fourth-order valence-electron chi connectivity index (χ4n) is 4.08. The van der Waals surface area contributed by atoms with Gasteiger partial charge in [0.15, 0.2) is 6.29 Å². The molecule has 9 atom stereocenters. The lowest BCUT2D eigenvalue weighted by Gasteiger charge is -2.36. The lowest BCUT2D eigenvalue weighted by molar-refractivity contribution is -0.183. The Balaban J connectivity index is -0.000000236. The van der Waals surface area contributed by atoms with E-state index >= 15 is 0 Å². The van der Waals surface area contributed by atoms with Gasteiger partial charge in [-0.25, -0.2) is 4.79 Å². The normalized spacial score (nSPS) is 17.2. The maximum absolute atomic E-state index is 12.4. The first-order valence-corrected chi connectivity index (χ1v) is 19.1. The first-order valence-electron chi connectivity index (χ1n) is 17.3. The summed E-state index contributed by atoms with van der Waals surface area (Å²) >= 11 is 0. The molecule has 0 aromatic rings. The number of carbonyl (C=O) groups is 3. The summed E-state index contributed by atoms with van der Waals surface area (Å²) in [7, 11) is 6.61. The van der Waals surface area contributed by atoms with Gasteiger partial charge >= 0.3 is 11.9 Å². The monoisotopic (exact) mass is 730 g/mol. The van der Waals surface area contributed by atoms with Crippen LogP contribution in [0.2, 0.25) is 0 Å². The molecule has 0 saturated carbocycles. The van der Waals surface area contributed by atoms with Crippen LogP contribution in [0.1, 0.15) is 115 Å². The van der Waals surface area contributed by atoms with Crippen LogP contribution < -0.4 is 0 Å². The van der Waals surface area contributed by atoms with Crippen molar-refractivity contribution in [2.24, 2.45) is 11.8 Å². The summed E-state index contributed by atoms with van der Waals surface area (Å²) in [5.74, 6) is -1.33. The first kappa shape index (κ1) is 56.9. The topological polar surface area (TPSA) is 172 Å². The van der Waals surface area contributed by atoms with Crippen LogP contribution in [0.25, 0.3) is 0 Å². The average molecular weight is 730 g/mol. The van der Waals surface area contributed by atoms with Gasteiger partial charge in [0.2, 0.25) is 0 Å². The second-order valence-corrected chi connectivity index (χ2v) is 14.8. The number of methoxy groups -OCH3 is 2. The molecule has 296 valence electrons. The van der Waals surface area contributed by atoms with Gasteiger partial charge in [-0.15, -0.1) is 0 Å². The maximum Gasteiger partial charge on any atom is 0.329 e. The van der Waals surface area contributed by atoms with Gasteiger partial charge < -0.3 is 44.2 Å². The minimum atomic E-state index is -1.47. The third kappa shape index (κ3) is 31.0. The number of carbonyl (C=O) groups excluding carboxylic acids is 3. The van der Waals surface area contributed by atoms with Gasteiger partial charge in [-0.05, 0) is 102 Å². The molecule has 0 heterocycles. The molecular weight excluding hydrogens is 653 g/mol. The molecule has 0 radical (unpaired) electrons. The molecule has 13 heteroatoms. The maximum atomic E-state index is 12.4. The average Bonchev–Trinajstić information content (AvgIpc) is 3.06. The summed E-state index contributed by atoms with van der Waals surface area (Å²) in [6.45, 7) is 25.8. The molecule has 0 aliphatic heterocycles. The van der Waals surface area contributed by atoms with Gasteiger partial charge in [-0.3, -0.25) is 9.46 Å². The Hall–Kier alpha value is -1.50. The Morgan fingerprint density at radius 3 is 1.73 bits per heavy atom. The van der Waals surface area contributed by atoms with Crippen LogP contribution in [0, 0.1) is 11.8 Å². The molecule has 49 heavy (non-hydrogen) atoms. The number of hydrogen-bond donors (Lipinski definition) is 4. The number of hydrogen-bond acceptors (Lipinski definition) is 12. The molecular formula is C36H76NO11P. The van der Waals surface area contributed by atoms with Gasteiger partial charge in [-0.1, -0.05) is 48.1 Å². The Kier molecular flexibility index (Phi) is 39.0. The van der Waals surface area contributed by atoms with Gasteiger partial charge in [0, 0.05) is 25.7 Å². The zero-order chi connectivity index (χ0) is 40.0. The van der Waals surface area contributed by atoms with E-state index in [1.807, 2.05) is 62.6 Å². The van der Waals surface area contributed by atoms with E-state index in [2.05, 4.69) is 27.4 Å². The molecule has 12 nitrogen and oxygen atoms in total. The third-order valence-corrected chi connectivity index (χ3v) is 9.86. The predicted molar refractivity (Wildman–Crippen MR) is 200 cm³/mol. The smallest absolute Gasteiger partial charge is 0.329 e. The molecule has 0 aliphatic carbocycles. The SMILES string of the molecule is C=CC(=O)OC.CC.CCC(O)[C@](C)(O)[C@@H](CC)OC(=O)C(C)CCC[C@@](C)(C[C@@H](C)C=O)OC.CCOC(C)O.C[C@H](O)P(C)N(C)C. The number of aliphatic hydroxyl groups excluding tert-OH is 3. The molecule has 4 unspecified atom stereocenters. The molecule has 0 aromatic heterocycles. The van der Waals surface area contributed by atoms with Crippen molar-refractivity contribution in [3.8, 4) is 0 Å². The second kappa shape index (κ2) is 33.6. The van der Waals surface area contributed by atoms with E-state index in [4.69, 9.17) is 19.7 Å². The molecule has 0 saturated heterocycles. The lowest BCUT2D eigenvalue weighted by Crippen LogP contribution is -2.51. The van der Waals surface area contributed by atoms with Crippen LogP contribution in [0.5, 0.6) is 0 Å². The highest BCUT2D eigenvalue weighted by molar-refractivity contribution is 7.54. The number of rotatable bonds is 19. The van der Waals surface area contributed by atoms with E-state index in [1.54, 1.807) is 27.9 Å². The quantitative estimate of drug-likeness (QED) is 0.0408. The summed E-state index contributed by atoms with van der Waals surface area (Å²) in [5.41, 5.74) is -1.87. The minimum absolute atomic E-state index is 0.0742. The molecule has 0 amide bonds. The van der Waals surface area contributed by atoms with Crippen LogP contribution in [0.15, 0.2) is 12.7 Å².